The minimum Gasteiger partial charge on any atom is -0.486 e. The predicted octanol–water partition coefficient (Wildman–Crippen LogP) is 4.87. The summed E-state index contributed by atoms with van der Waals surface area (Å²) in [6, 6.07) is 19.9. The van der Waals surface area contributed by atoms with E-state index in [0.717, 1.165) is 39.4 Å². The molecule has 0 N–H and O–H groups in total. The number of nitrogens with zero attached hydrogens (tertiary/aromatic N) is 4. The number of aromatic nitrogens is 4. The zero-order valence-corrected chi connectivity index (χ0v) is 20.9. The highest BCUT2D eigenvalue weighted by Gasteiger charge is 2.24. The van der Waals surface area contributed by atoms with Crippen LogP contribution in [-0.2, 0) is 13.1 Å². The summed E-state index contributed by atoms with van der Waals surface area (Å²) in [4.78, 5) is 13.2. The Balaban J connectivity index is 1.26. The van der Waals surface area contributed by atoms with Crippen LogP contribution in [0.4, 0.5) is 0 Å². The van der Waals surface area contributed by atoms with Crippen molar-refractivity contribution in [3.05, 3.63) is 89.0 Å². The third kappa shape index (κ3) is 4.98. The minimum absolute atomic E-state index is 0.0763. The molecule has 4 aromatic rings. The lowest BCUT2D eigenvalue weighted by Crippen LogP contribution is -2.33. The van der Waals surface area contributed by atoms with Crippen molar-refractivity contribution >= 4 is 17.5 Å². The van der Waals surface area contributed by atoms with Crippen LogP contribution in [0.15, 0.2) is 65.8 Å². The highest BCUT2D eigenvalue weighted by molar-refractivity contribution is 7.99. The first-order valence-electron chi connectivity index (χ1n) is 11.6. The summed E-state index contributed by atoms with van der Waals surface area (Å²) in [5.74, 6) is 2.74. The van der Waals surface area contributed by atoms with Crippen molar-refractivity contribution in [1.29, 1.82) is 0 Å². The van der Waals surface area contributed by atoms with Gasteiger partial charge in [0.05, 0.1) is 18.8 Å². The van der Waals surface area contributed by atoms with Gasteiger partial charge in [0.15, 0.2) is 28.5 Å². The van der Waals surface area contributed by atoms with Crippen LogP contribution >= 0.6 is 11.8 Å². The molecule has 0 fully saturated rings. The van der Waals surface area contributed by atoms with Gasteiger partial charge in [-0.1, -0.05) is 54.2 Å². The summed E-state index contributed by atoms with van der Waals surface area (Å²) in [6.07, 6.45) is -0.119. The maximum atomic E-state index is 13.2. The van der Waals surface area contributed by atoms with Gasteiger partial charge in [-0.05, 0) is 44.5 Å². The van der Waals surface area contributed by atoms with Crippen LogP contribution < -0.4 is 9.47 Å². The second kappa shape index (κ2) is 10.00. The predicted molar refractivity (Wildman–Crippen MR) is 136 cm³/mol. The molecule has 0 spiro atoms. The van der Waals surface area contributed by atoms with Gasteiger partial charge in [0.1, 0.15) is 12.4 Å². The number of ether oxygens (including phenoxy) is 2. The third-order valence-electron chi connectivity index (χ3n) is 6.25. The van der Waals surface area contributed by atoms with Gasteiger partial charge in [0.25, 0.3) is 0 Å². The van der Waals surface area contributed by atoms with Gasteiger partial charge in [-0.3, -0.25) is 4.79 Å². The molecule has 3 heterocycles. The van der Waals surface area contributed by atoms with Crippen molar-refractivity contribution in [2.24, 2.45) is 0 Å². The van der Waals surface area contributed by atoms with E-state index < -0.39 is 0 Å². The number of carbonyl (C=O) groups is 1. The summed E-state index contributed by atoms with van der Waals surface area (Å²) in [6.45, 7) is 7.72. The summed E-state index contributed by atoms with van der Waals surface area (Å²) in [5.41, 5.74) is 3.88. The minimum atomic E-state index is -0.119. The lowest BCUT2D eigenvalue weighted by molar-refractivity contribution is 0.0777. The topological polar surface area (TPSA) is 71.2 Å². The van der Waals surface area contributed by atoms with E-state index >= 15 is 0 Å². The molecule has 1 aliphatic heterocycles. The first-order chi connectivity index (χ1) is 17.0. The van der Waals surface area contributed by atoms with E-state index in [0.29, 0.717) is 25.4 Å². The van der Waals surface area contributed by atoms with Crippen LogP contribution in [0, 0.1) is 20.8 Å². The standard InChI is InChI=1S/C27H28N4O3S/c1-18-13-23(19(2)30(18)15-22-16-33-25-11-7-8-12-26(25)34-22)24(32)17-35-27-29-28-20(3)31(27)14-21-9-5-4-6-10-21/h4-13,22H,14-17H2,1-3H3/t22-/m0/s1. The van der Waals surface area contributed by atoms with Crippen molar-refractivity contribution < 1.29 is 14.3 Å². The number of Topliss-reactive ketones (excluding diaryl/α,β-unsaturated/α-hetero) is 1. The average Bonchev–Trinajstić information content (AvgIpc) is 3.36. The number of fused-ring (bicyclic) bond motifs is 1. The Morgan fingerprint density at radius 1 is 1.00 bits per heavy atom. The number of hydrogen-bond acceptors (Lipinski definition) is 6. The number of aryl methyl sites for hydroxylation is 2. The van der Waals surface area contributed by atoms with E-state index in [1.165, 1.54) is 17.3 Å². The van der Waals surface area contributed by atoms with Crippen molar-refractivity contribution in [2.75, 3.05) is 12.4 Å². The quantitative estimate of drug-likeness (QED) is 0.260. The average molecular weight is 489 g/mol. The molecule has 5 rings (SSSR count). The van der Waals surface area contributed by atoms with Crippen LogP contribution in [0.5, 0.6) is 11.5 Å². The van der Waals surface area contributed by atoms with E-state index in [1.54, 1.807) is 0 Å². The van der Waals surface area contributed by atoms with Gasteiger partial charge < -0.3 is 18.6 Å². The van der Waals surface area contributed by atoms with Gasteiger partial charge in [0.2, 0.25) is 0 Å². The van der Waals surface area contributed by atoms with E-state index in [9.17, 15) is 4.79 Å². The molecule has 0 saturated heterocycles. The molecule has 1 aliphatic rings. The van der Waals surface area contributed by atoms with Crippen molar-refractivity contribution in [2.45, 2.75) is 45.1 Å². The van der Waals surface area contributed by atoms with Gasteiger partial charge in [-0.2, -0.15) is 0 Å². The molecule has 7 nitrogen and oxygen atoms in total. The molecule has 0 amide bonds. The second-order valence-electron chi connectivity index (χ2n) is 8.71. The Morgan fingerprint density at radius 2 is 1.74 bits per heavy atom. The Hall–Kier alpha value is -3.52. The zero-order chi connectivity index (χ0) is 24.4. The normalized spacial score (nSPS) is 14.8. The maximum absolute atomic E-state index is 13.2. The van der Waals surface area contributed by atoms with Gasteiger partial charge >= 0.3 is 0 Å². The molecular weight excluding hydrogens is 460 g/mol. The van der Waals surface area contributed by atoms with Crippen LogP contribution in [0.3, 0.4) is 0 Å². The lowest BCUT2D eigenvalue weighted by atomic mass is 10.2. The fourth-order valence-corrected chi connectivity index (χ4v) is 5.21. The molecule has 0 radical (unpaired) electrons. The number of ketones is 1. The number of rotatable bonds is 8. The van der Waals surface area contributed by atoms with Crippen molar-refractivity contribution in [3.8, 4) is 11.5 Å². The molecule has 35 heavy (non-hydrogen) atoms. The van der Waals surface area contributed by atoms with E-state index in [4.69, 9.17) is 9.47 Å². The molecule has 0 aliphatic carbocycles. The Morgan fingerprint density at radius 3 is 2.54 bits per heavy atom. The maximum Gasteiger partial charge on any atom is 0.191 e. The SMILES string of the molecule is Cc1cc(C(=O)CSc2nnc(C)n2Cc2ccccc2)c(C)n1C[C@H]1COc2ccccc2O1. The number of hydrogen-bond donors (Lipinski definition) is 0. The van der Waals surface area contributed by atoms with Gasteiger partial charge in [-0.25, -0.2) is 0 Å². The Bertz CT molecular complexity index is 1350. The number of carbonyl (C=O) groups excluding carboxylic acids is 1. The fourth-order valence-electron chi connectivity index (χ4n) is 4.35. The molecule has 180 valence electrons. The molecule has 0 bridgehead atoms. The second-order valence-corrected chi connectivity index (χ2v) is 9.65. The van der Waals surface area contributed by atoms with Crippen LogP contribution in [0.25, 0.3) is 0 Å². The smallest absolute Gasteiger partial charge is 0.191 e. The van der Waals surface area contributed by atoms with E-state index in [1.807, 2.05) is 69.3 Å². The molecule has 1 atom stereocenters. The number of thioether (sulfide) groups is 1. The van der Waals surface area contributed by atoms with Crippen LogP contribution in [0.1, 0.15) is 33.1 Å². The van der Waals surface area contributed by atoms with Crippen LogP contribution in [0.2, 0.25) is 0 Å². The number of para-hydroxylation sites is 2. The highest BCUT2D eigenvalue weighted by atomic mass is 32.2. The molecule has 0 saturated carbocycles. The molecule has 2 aromatic carbocycles. The Labute approximate surface area is 209 Å². The summed E-state index contributed by atoms with van der Waals surface area (Å²) >= 11 is 1.43. The molecular formula is C27H28N4O3S. The highest BCUT2D eigenvalue weighted by Crippen LogP contribution is 2.32. The zero-order valence-electron chi connectivity index (χ0n) is 20.1. The first kappa shape index (κ1) is 23.2. The molecule has 2 aromatic heterocycles. The summed E-state index contributed by atoms with van der Waals surface area (Å²) in [7, 11) is 0. The summed E-state index contributed by atoms with van der Waals surface area (Å²) < 4.78 is 16.2. The summed E-state index contributed by atoms with van der Waals surface area (Å²) in [5, 5.41) is 9.29. The van der Waals surface area contributed by atoms with Gasteiger partial charge in [0, 0.05) is 17.0 Å². The van der Waals surface area contributed by atoms with Crippen LogP contribution in [-0.4, -0.2) is 43.6 Å². The third-order valence-corrected chi connectivity index (χ3v) is 7.21. The monoisotopic (exact) mass is 488 g/mol. The largest absolute Gasteiger partial charge is 0.486 e. The van der Waals surface area contributed by atoms with Crippen molar-refractivity contribution in [3.63, 3.8) is 0 Å². The molecule has 0 unspecified atom stereocenters. The molecule has 8 heteroatoms. The lowest BCUT2D eigenvalue weighted by Gasteiger charge is -2.27. The van der Waals surface area contributed by atoms with Crippen molar-refractivity contribution in [1.82, 2.24) is 19.3 Å². The number of benzene rings is 2. The van der Waals surface area contributed by atoms with Gasteiger partial charge in [-0.15, -0.1) is 10.2 Å². The first-order valence-corrected chi connectivity index (χ1v) is 12.6. The van der Waals surface area contributed by atoms with E-state index in [-0.39, 0.29) is 11.9 Å². The fraction of sp³-hybridized carbons (Fsp3) is 0.296. The Kier molecular flexibility index (Phi) is 6.63. The van der Waals surface area contributed by atoms with E-state index in [2.05, 4.69) is 31.5 Å².